The number of aromatic nitrogens is 1. The minimum atomic E-state index is -1.05. The van der Waals surface area contributed by atoms with Gasteiger partial charge in [0, 0.05) is 19.3 Å². The molecule has 2 fully saturated rings. The number of piperidine rings is 1. The van der Waals surface area contributed by atoms with Crippen LogP contribution in [-0.2, 0) is 4.74 Å². The van der Waals surface area contributed by atoms with E-state index in [9.17, 15) is 9.59 Å². The molecular formula is C19H26N2O4. The highest BCUT2D eigenvalue weighted by Gasteiger charge is 2.28. The molecule has 1 aromatic rings. The first-order chi connectivity index (χ1) is 12.0. The third-order valence-electron chi connectivity index (χ3n) is 5.30. The Morgan fingerprint density at radius 3 is 2.40 bits per heavy atom. The van der Waals surface area contributed by atoms with Crippen LogP contribution in [-0.4, -0.2) is 52.2 Å². The Morgan fingerprint density at radius 1 is 1.12 bits per heavy atom. The summed E-state index contributed by atoms with van der Waals surface area (Å²) in [6.45, 7) is 3.56. The fraction of sp³-hybridized carbons (Fsp3) is 0.632. The van der Waals surface area contributed by atoms with Gasteiger partial charge in [-0.15, -0.1) is 0 Å². The van der Waals surface area contributed by atoms with Gasteiger partial charge in [0.1, 0.15) is 5.69 Å². The average Bonchev–Trinajstić information content (AvgIpc) is 2.64. The number of aromatic carboxylic acids is 1. The lowest BCUT2D eigenvalue weighted by Crippen LogP contribution is -2.42. The summed E-state index contributed by atoms with van der Waals surface area (Å²) in [7, 11) is 0. The van der Waals surface area contributed by atoms with Gasteiger partial charge in [0.25, 0.3) is 5.91 Å². The van der Waals surface area contributed by atoms with Crippen LogP contribution in [0.1, 0.15) is 66.3 Å². The normalized spacial score (nSPS) is 24.9. The van der Waals surface area contributed by atoms with Gasteiger partial charge in [-0.3, -0.25) is 9.78 Å². The average molecular weight is 346 g/mol. The van der Waals surface area contributed by atoms with Gasteiger partial charge in [0.15, 0.2) is 0 Å². The Balaban J connectivity index is 1.51. The van der Waals surface area contributed by atoms with E-state index in [-0.39, 0.29) is 23.3 Å². The summed E-state index contributed by atoms with van der Waals surface area (Å²) in [6, 6.07) is 2.74. The Morgan fingerprint density at radius 2 is 1.76 bits per heavy atom. The van der Waals surface area contributed by atoms with Crippen molar-refractivity contribution >= 4 is 11.9 Å². The second-order valence-corrected chi connectivity index (χ2v) is 7.24. The number of amides is 1. The molecule has 6 heteroatoms. The van der Waals surface area contributed by atoms with Crippen LogP contribution >= 0.6 is 0 Å². The van der Waals surface area contributed by atoms with Crippen LogP contribution in [0.15, 0.2) is 18.3 Å². The molecule has 1 aliphatic carbocycles. The van der Waals surface area contributed by atoms with Gasteiger partial charge in [0.05, 0.1) is 17.8 Å². The number of nitrogens with zero attached hydrogens (tertiary/aromatic N) is 2. The van der Waals surface area contributed by atoms with Crippen molar-refractivity contribution in [2.75, 3.05) is 13.1 Å². The zero-order chi connectivity index (χ0) is 17.8. The van der Waals surface area contributed by atoms with Crippen LogP contribution in [0.2, 0.25) is 0 Å². The first-order valence-corrected chi connectivity index (χ1v) is 9.17. The predicted octanol–water partition coefficient (Wildman–Crippen LogP) is 2.98. The van der Waals surface area contributed by atoms with E-state index in [2.05, 4.69) is 11.9 Å². The van der Waals surface area contributed by atoms with Crippen LogP contribution in [0.3, 0.4) is 0 Å². The van der Waals surface area contributed by atoms with Crippen LogP contribution in [0, 0.1) is 5.92 Å². The summed E-state index contributed by atoms with van der Waals surface area (Å²) in [5.41, 5.74) is 0.281. The fourth-order valence-corrected chi connectivity index (χ4v) is 3.68. The van der Waals surface area contributed by atoms with E-state index in [0.717, 1.165) is 31.6 Å². The van der Waals surface area contributed by atoms with Gasteiger partial charge < -0.3 is 14.7 Å². The van der Waals surface area contributed by atoms with Crippen molar-refractivity contribution in [3.8, 4) is 0 Å². The summed E-state index contributed by atoms with van der Waals surface area (Å²) < 4.78 is 6.23. The number of carboxylic acid groups (broad SMARTS) is 1. The van der Waals surface area contributed by atoms with Crippen molar-refractivity contribution < 1.29 is 19.4 Å². The molecule has 0 spiro atoms. The predicted molar refractivity (Wildman–Crippen MR) is 92.6 cm³/mol. The van der Waals surface area contributed by atoms with E-state index in [1.807, 2.05) is 0 Å². The molecule has 1 aromatic heterocycles. The van der Waals surface area contributed by atoms with E-state index in [0.29, 0.717) is 19.2 Å². The number of carbonyl (C=O) groups excluding carboxylic acids is 1. The third-order valence-corrected chi connectivity index (χ3v) is 5.30. The van der Waals surface area contributed by atoms with Gasteiger partial charge in [-0.1, -0.05) is 6.92 Å². The molecule has 1 aliphatic heterocycles. The number of hydrogen-bond donors (Lipinski definition) is 1. The molecular weight excluding hydrogens is 320 g/mol. The van der Waals surface area contributed by atoms with Crippen molar-refractivity contribution in [2.24, 2.45) is 5.92 Å². The van der Waals surface area contributed by atoms with Crippen LogP contribution in [0.4, 0.5) is 0 Å². The second-order valence-electron chi connectivity index (χ2n) is 7.24. The number of rotatable bonds is 4. The summed E-state index contributed by atoms with van der Waals surface area (Å²) in [4.78, 5) is 29.3. The summed E-state index contributed by atoms with van der Waals surface area (Å²) >= 11 is 0. The largest absolute Gasteiger partial charge is 0.478 e. The molecule has 3 rings (SSSR count). The number of ether oxygens (including phenoxy) is 1. The summed E-state index contributed by atoms with van der Waals surface area (Å²) in [5.74, 6) is -0.438. The molecule has 25 heavy (non-hydrogen) atoms. The van der Waals surface area contributed by atoms with Gasteiger partial charge >= 0.3 is 5.97 Å². The Bertz CT molecular complexity index is 618. The van der Waals surface area contributed by atoms with Gasteiger partial charge in [-0.05, 0) is 56.6 Å². The number of likely N-dealkylation sites (tertiary alicyclic amines) is 1. The van der Waals surface area contributed by atoms with Crippen molar-refractivity contribution in [2.45, 2.75) is 57.7 Å². The molecule has 136 valence electrons. The maximum absolute atomic E-state index is 12.5. The van der Waals surface area contributed by atoms with Crippen LogP contribution in [0.25, 0.3) is 0 Å². The van der Waals surface area contributed by atoms with Crippen LogP contribution < -0.4 is 0 Å². The van der Waals surface area contributed by atoms with E-state index in [1.165, 1.54) is 31.2 Å². The van der Waals surface area contributed by atoms with Crippen molar-refractivity contribution in [3.63, 3.8) is 0 Å². The molecule has 2 aliphatic rings. The van der Waals surface area contributed by atoms with E-state index >= 15 is 0 Å². The maximum atomic E-state index is 12.5. The molecule has 0 bridgehead atoms. The number of carbonyl (C=O) groups is 2. The standard InChI is InChI=1S/C19H26N2O4/c1-13-2-4-15(5-3-13)25-16-7-10-21(11-8-16)18(22)17-12-14(19(23)24)6-9-20-17/h6,9,12-13,15-16H,2-5,7-8,10-11H2,1H3,(H,23,24). The molecule has 0 radical (unpaired) electrons. The van der Waals surface area contributed by atoms with Crippen LogP contribution in [0.5, 0.6) is 0 Å². The van der Waals surface area contributed by atoms with E-state index in [1.54, 1.807) is 4.90 Å². The topological polar surface area (TPSA) is 79.7 Å². The zero-order valence-corrected chi connectivity index (χ0v) is 14.7. The Hall–Kier alpha value is -1.95. The van der Waals surface area contributed by atoms with Gasteiger partial charge in [-0.2, -0.15) is 0 Å². The minimum absolute atomic E-state index is 0.0862. The summed E-state index contributed by atoms with van der Waals surface area (Å²) in [6.07, 6.45) is 8.40. The maximum Gasteiger partial charge on any atom is 0.335 e. The number of carboxylic acids is 1. The lowest BCUT2D eigenvalue weighted by Gasteiger charge is -2.35. The monoisotopic (exact) mass is 346 g/mol. The number of pyridine rings is 1. The highest BCUT2D eigenvalue weighted by Crippen LogP contribution is 2.28. The first kappa shape index (κ1) is 17.9. The molecule has 1 saturated carbocycles. The van der Waals surface area contributed by atoms with Crippen molar-refractivity contribution in [1.82, 2.24) is 9.88 Å². The zero-order valence-electron chi connectivity index (χ0n) is 14.7. The van der Waals surface area contributed by atoms with Crippen molar-refractivity contribution in [3.05, 3.63) is 29.6 Å². The third kappa shape index (κ3) is 4.57. The quantitative estimate of drug-likeness (QED) is 0.906. The second kappa shape index (κ2) is 7.95. The lowest BCUT2D eigenvalue weighted by molar-refractivity contribution is -0.0571. The molecule has 1 amide bonds. The van der Waals surface area contributed by atoms with E-state index in [4.69, 9.17) is 9.84 Å². The number of hydrogen-bond acceptors (Lipinski definition) is 4. The molecule has 1 N–H and O–H groups in total. The molecule has 0 unspecified atom stereocenters. The molecule has 1 saturated heterocycles. The van der Waals surface area contributed by atoms with E-state index < -0.39 is 5.97 Å². The molecule has 2 heterocycles. The lowest BCUT2D eigenvalue weighted by atomic mass is 9.88. The molecule has 6 nitrogen and oxygen atoms in total. The smallest absolute Gasteiger partial charge is 0.335 e. The fourth-order valence-electron chi connectivity index (χ4n) is 3.68. The minimum Gasteiger partial charge on any atom is -0.478 e. The van der Waals surface area contributed by atoms with Crippen molar-refractivity contribution in [1.29, 1.82) is 0 Å². The Kier molecular flexibility index (Phi) is 5.68. The highest BCUT2D eigenvalue weighted by molar-refractivity contribution is 5.95. The molecule has 0 atom stereocenters. The molecule has 0 aromatic carbocycles. The highest BCUT2D eigenvalue weighted by atomic mass is 16.5. The Labute approximate surface area is 148 Å². The SMILES string of the molecule is CC1CCC(OC2CCN(C(=O)c3cc(C(=O)O)ccn3)CC2)CC1. The first-order valence-electron chi connectivity index (χ1n) is 9.17. The van der Waals surface area contributed by atoms with Gasteiger partial charge in [0.2, 0.25) is 0 Å². The van der Waals surface area contributed by atoms with Gasteiger partial charge in [-0.25, -0.2) is 4.79 Å². The summed E-state index contributed by atoms with van der Waals surface area (Å²) in [5, 5.41) is 9.04.